The summed E-state index contributed by atoms with van der Waals surface area (Å²) in [6.07, 6.45) is 8.48. The summed E-state index contributed by atoms with van der Waals surface area (Å²) in [6.45, 7) is 2.02. The fraction of sp³-hybridized carbons (Fsp3) is 0.529. The monoisotopic (exact) mass is 323 g/mol. The number of hydrogen-bond acceptors (Lipinski definition) is 5. The van der Waals surface area contributed by atoms with Gasteiger partial charge in [-0.2, -0.15) is 5.10 Å². The van der Waals surface area contributed by atoms with Gasteiger partial charge in [-0.25, -0.2) is 4.98 Å². The highest BCUT2D eigenvalue weighted by molar-refractivity contribution is 5.54. The van der Waals surface area contributed by atoms with Crippen LogP contribution in [-0.2, 0) is 7.05 Å². The standard InChI is InChI=1S/C17H21N7/c1-11-20-16(9-17-21-18-10-23(11)17)24-13-3-4-14(24)8-12(7-13)15-5-6-19-22(15)2/h5-6,9-10,12-14H,3-4,7-8H2,1-2H3. The molecule has 2 bridgehead atoms. The molecule has 0 amide bonds. The molecule has 2 aliphatic rings. The van der Waals surface area contributed by atoms with Crippen molar-refractivity contribution >= 4 is 11.5 Å². The first kappa shape index (κ1) is 13.9. The van der Waals surface area contributed by atoms with E-state index in [2.05, 4.69) is 32.3 Å². The summed E-state index contributed by atoms with van der Waals surface area (Å²) in [4.78, 5) is 7.37. The first-order valence-electron chi connectivity index (χ1n) is 8.64. The van der Waals surface area contributed by atoms with Gasteiger partial charge in [0, 0.05) is 43.0 Å². The highest BCUT2D eigenvalue weighted by Gasteiger charge is 2.42. The maximum absolute atomic E-state index is 4.83. The van der Waals surface area contributed by atoms with E-state index in [1.165, 1.54) is 31.4 Å². The van der Waals surface area contributed by atoms with Crippen LogP contribution in [0.4, 0.5) is 5.82 Å². The normalized spacial score (nSPS) is 26.4. The summed E-state index contributed by atoms with van der Waals surface area (Å²) in [6, 6.07) is 5.36. The quantitative estimate of drug-likeness (QED) is 0.722. The number of hydrogen-bond donors (Lipinski definition) is 0. The fourth-order valence-electron chi connectivity index (χ4n) is 4.67. The zero-order valence-electron chi connectivity index (χ0n) is 14.0. The van der Waals surface area contributed by atoms with Crippen molar-refractivity contribution in [3.63, 3.8) is 0 Å². The van der Waals surface area contributed by atoms with Crippen molar-refractivity contribution in [3.05, 3.63) is 36.2 Å². The molecule has 0 aromatic carbocycles. The van der Waals surface area contributed by atoms with E-state index in [1.807, 2.05) is 29.3 Å². The Hall–Kier alpha value is -2.44. The molecule has 7 nitrogen and oxygen atoms in total. The van der Waals surface area contributed by atoms with Crippen LogP contribution in [0.3, 0.4) is 0 Å². The fourth-order valence-corrected chi connectivity index (χ4v) is 4.67. The van der Waals surface area contributed by atoms with Gasteiger partial charge in [-0.3, -0.25) is 9.08 Å². The van der Waals surface area contributed by atoms with Crippen molar-refractivity contribution in [2.24, 2.45) is 7.05 Å². The summed E-state index contributed by atoms with van der Waals surface area (Å²) in [5.74, 6) is 2.61. The van der Waals surface area contributed by atoms with E-state index in [-0.39, 0.29) is 0 Å². The van der Waals surface area contributed by atoms with Crippen LogP contribution >= 0.6 is 0 Å². The number of rotatable bonds is 2. The number of aromatic nitrogens is 6. The van der Waals surface area contributed by atoms with Crippen LogP contribution in [0, 0.1) is 6.92 Å². The minimum atomic E-state index is 0.556. The van der Waals surface area contributed by atoms with E-state index in [0.29, 0.717) is 18.0 Å². The molecule has 7 heteroatoms. The molecule has 0 aliphatic carbocycles. The SMILES string of the molecule is Cc1nc(N2C3CCC2CC(c2ccnn2C)C3)cc2nncn12. The molecule has 2 fully saturated rings. The highest BCUT2D eigenvalue weighted by Crippen LogP contribution is 2.44. The molecule has 3 aromatic rings. The second kappa shape index (κ2) is 5.03. The zero-order chi connectivity index (χ0) is 16.3. The molecule has 3 aromatic heterocycles. The van der Waals surface area contributed by atoms with Crippen LogP contribution in [0.5, 0.6) is 0 Å². The van der Waals surface area contributed by atoms with Crippen LogP contribution < -0.4 is 4.90 Å². The molecule has 24 heavy (non-hydrogen) atoms. The first-order chi connectivity index (χ1) is 11.7. The van der Waals surface area contributed by atoms with Gasteiger partial charge in [0.15, 0.2) is 5.65 Å². The van der Waals surface area contributed by atoms with Crippen molar-refractivity contribution in [2.75, 3.05) is 4.90 Å². The number of aryl methyl sites for hydroxylation is 2. The Morgan fingerprint density at radius 1 is 1.17 bits per heavy atom. The maximum atomic E-state index is 4.83. The highest BCUT2D eigenvalue weighted by atomic mass is 15.3. The maximum Gasteiger partial charge on any atom is 0.165 e. The minimum absolute atomic E-state index is 0.556. The van der Waals surface area contributed by atoms with E-state index in [1.54, 1.807) is 6.33 Å². The van der Waals surface area contributed by atoms with E-state index in [0.717, 1.165) is 17.3 Å². The number of piperidine rings is 1. The third-order valence-electron chi connectivity index (χ3n) is 5.73. The predicted octanol–water partition coefficient (Wildman–Crippen LogP) is 2.08. The average Bonchev–Trinajstić information content (AvgIpc) is 3.25. The molecule has 2 atom stereocenters. The minimum Gasteiger partial charge on any atom is -0.350 e. The molecule has 2 unspecified atom stereocenters. The predicted molar refractivity (Wildman–Crippen MR) is 90.0 cm³/mol. The largest absolute Gasteiger partial charge is 0.350 e. The van der Waals surface area contributed by atoms with Gasteiger partial charge in [0.1, 0.15) is 18.0 Å². The lowest BCUT2D eigenvalue weighted by Crippen LogP contribution is -2.43. The Bertz CT molecular complexity index is 881. The number of anilines is 1. The molecule has 0 radical (unpaired) electrons. The van der Waals surface area contributed by atoms with Crippen molar-refractivity contribution in [1.29, 1.82) is 0 Å². The molecule has 5 rings (SSSR count). The molecule has 2 saturated heterocycles. The summed E-state index contributed by atoms with van der Waals surface area (Å²) in [5, 5.41) is 12.6. The van der Waals surface area contributed by atoms with Crippen LogP contribution in [0.25, 0.3) is 5.65 Å². The van der Waals surface area contributed by atoms with Crippen molar-refractivity contribution in [3.8, 4) is 0 Å². The smallest absolute Gasteiger partial charge is 0.165 e. The van der Waals surface area contributed by atoms with Crippen molar-refractivity contribution in [1.82, 2.24) is 29.4 Å². The second-order valence-corrected chi connectivity index (χ2v) is 7.06. The topological polar surface area (TPSA) is 64.1 Å². The van der Waals surface area contributed by atoms with E-state index in [9.17, 15) is 0 Å². The Kier molecular flexibility index (Phi) is 2.92. The molecule has 0 saturated carbocycles. The Morgan fingerprint density at radius 3 is 2.67 bits per heavy atom. The lowest BCUT2D eigenvalue weighted by Gasteiger charge is -2.40. The molecule has 0 N–H and O–H groups in total. The molecular formula is C17H21N7. The van der Waals surface area contributed by atoms with Gasteiger partial charge in [-0.15, -0.1) is 10.2 Å². The molecule has 124 valence electrons. The zero-order valence-corrected chi connectivity index (χ0v) is 14.0. The van der Waals surface area contributed by atoms with E-state index < -0.39 is 0 Å². The summed E-state index contributed by atoms with van der Waals surface area (Å²) >= 11 is 0. The Morgan fingerprint density at radius 2 is 1.96 bits per heavy atom. The summed E-state index contributed by atoms with van der Waals surface area (Å²) < 4.78 is 3.97. The molecule has 2 aliphatic heterocycles. The average molecular weight is 323 g/mol. The van der Waals surface area contributed by atoms with Crippen molar-refractivity contribution < 1.29 is 0 Å². The van der Waals surface area contributed by atoms with E-state index >= 15 is 0 Å². The summed E-state index contributed by atoms with van der Waals surface area (Å²) in [7, 11) is 2.05. The van der Waals surface area contributed by atoms with Gasteiger partial charge in [-0.05, 0) is 38.7 Å². The lowest BCUT2D eigenvalue weighted by molar-refractivity contribution is 0.397. The van der Waals surface area contributed by atoms with Gasteiger partial charge in [0.05, 0.1) is 0 Å². The third kappa shape index (κ3) is 1.96. The van der Waals surface area contributed by atoms with Gasteiger partial charge in [0.25, 0.3) is 0 Å². The van der Waals surface area contributed by atoms with E-state index in [4.69, 9.17) is 4.98 Å². The molecular weight excluding hydrogens is 302 g/mol. The van der Waals surface area contributed by atoms with Crippen LogP contribution in [0.2, 0.25) is 0 Å². The lowest BCUT2D eigenvalue weighted by atomic mass is 9.88. The third-order valence-corrected chi connectivity index (χ3v) is 5.73. The van der Waals surface area contributed by atoms with Crippen LogP contribution in [-0.4, -0.2) is 41.4 Å². The van der Waals surface area contributed by atoms with Crippen LogP contribution in [0.15, 0.2) is 24.7 Å². The first-order valence-corrected chi connectivity index (χ1v) is 8.64. The van der Waals surface area contributed by atoms with Crippen LogP contribution in [0.1, 0.15) is 43.1 Å². The second-order valence-electron chi connectivity index (χ2n) is 7.06. The Labute approximate surface area is 140 Å². The van der Waals surface area contributed by atoms with Gasteiger partial charge < -0.3 is 4.90 Å². The van der Waals surface area contributed by atoms with Gasteiger partial charge in [-0.1, -0.05) is 0 Å². The number of nitrogens with zero attached hydrogens (tertiary/aromatic N) is 7. The number of fused-ring (bicyclic) bond motifs is 3. The molecule has 5 heterocycles. The Balaban J connectivity index is 1.49. The van der Waals surface area contributed by atoms with Crippen molar-refractivity contribution in [2.45, 2.75) is 50.6 Å². The molecule has 0 spiro atoms. The van der Waals surface area contributed by atoms with Gasteiger partial charge >= 0.3 is 0 Å². The summed E-state index contributed by atoms with van der Waals surface area (Å²) in [5.41, 5.74) is 2.24. The van der Waals surface area contributed by atoms with Gasteiger partial charge in [0.2, 0.25) is 0 Å².